The smallest absolute Gasteiger partial charge is 0.271 e. The average molecular weight is 317 g/mol. The van der Waals surface area contributed by atoms with E-state index in [0.717, 1.165) is 29.4 Å². The van der Waals surface area contributed by atoms with Gasteiger partial charge in [-0.2, -0.15) is 0 Å². The normalized spacial score (nSPS) is 10.9. The van der Waals surface area contributed by atoms with Gasteiger partial charge in [0.15, 0.2) is 0 Å². The molecule has 0 saturated heterocycles. The van der Waals surface area contributed by atoms with Gasteiger partial charge in [0.05, 0.1) is 5.01 Å². The Morgan fingerprint density at radius 3 is 2.59 bits per heavy atom. The summed E-state index contributed by atoms with van der Waals surface area (Å²) < 4.78 is 0. The van der Waals surface area contributed by atoms with E-state index in [9.17, 15) is 4.79 Å². The van der Waals surface area contributed by atoms with Crippen LogP contribution in [0.5, 0.6) is 0 Å². The SMILES string of the molecule is Cc1nc(C(=O)NCCN(C)CCc2ccccc2)c(C)s1. The Balaban J connectivity index is 1.69. The Kier molecular flexibility index (Phi) is 6.10. The van der Waals surface area contributed by atoms with Crippen molar-refractivity contribution < 1.29 is 4.79 Å². The number of hydrogen-bond donors (Lipinski definition) is 1. The number of nitrogens with zero attached hydrogens (tertiary/aromatic N) is 2. The first kappa shape index (κ1) is 16.6. The molecule has 5 heteroatoms. The maximum absolute atomic E-state index is 12.1. The highest BCUT2D eigenvalue weighted by atomic mass is 32.1. The van der Waals surface area contributed by atoms with Crippen LogP contribution in [0.3, 0.4) is 0 Å². The zero-order valence-electron chi connectivity index (χ0n) is 13.4. The lowest BCUT2D eigenvalue weighted by Gasteiger charge is -2.16. The summed E-state index contributed by atoms with van der Waals surface area (Å²) in [6, 6.07) is 10.4. The van der Waals surface area contributed by atoms with Crippen molar-refractivity contribution in [2.24, 2.45) is 0 Å². The molecule has 0 saturated carbocycles. The van der Waals surface area contributed by atoms with Crippen molar-refractivity contribution >= 4 is 17.2 Å². The van der Waals surface area contributed by atoms with E-state index in [1.165, 1.54) is 5.56 Å². The molecule has 1 amide bonds. The lowest BCUT2D eigenvalue weighted by molar-refractivity contribution is 0.0945. The molecule has 0 radical (unpaired) electrons. The molecule has 22 heavy (non-hydrogen) atoms. The van der Waals surface area contributed by atoms with Gasteiger partial charge >= 0.3 is 0 Å². The number of nitrogens with one attached hydrogen (secondary N) is 1. The van der Waals surface area contributed by atoms with Crippen molar-refractivity contribution in [1.29, 1.82) is 0 Å². The minimum Gasteiger partial charge on any atom is -0.349 e. The summed E-state index contributed by atoms with van der Waals surface area (Å²) in [4.78, 5) is 19.5. The number of hydrogen-bond acceptors (Lipinski definition) is 4. The van der Waals surface area contributed by atoms with Crippen molar-refractivity contribution in [3.05, 3.63) is 51.5 Å². The van der Waals surface area contributed by atoms with Crippen LogP contribution in [-0.4, -0.2) is 42.5 Å². The van der Waals surface area contributed by atoms with Gasteiger partial charge in [-0.05, 0) is 32.9 Å². The maximum atomic E-state index is 12.1. The maximum Gasteiger partial charge on any atom is 0.271 e. The highest BCUT2D eigenvalue weighted by molar-refractivity contribution is 7.11. The number of thiazole rings is 1. The minimum atomic E-state index is -0.0710. The second-order valence-electron chi connectivity index (χ2n) is 5.43. The molecule has 2 rings (SSSR count). The summed E-state index contributed by atoms with van der Waals surface area (Å²) in [5.74, 6) is -0.0710. The van der Waals surface area contributed by atoms with E-state index in [1.54, 1.807) is 11.3 Å². The van der Waals surface area contributed by atoms with E-state index in [-0.39, 0.29) is 5.91 Å². The summed E-state index contributed by atoms with van der Waals surface area (Å²) >= 11 is 1.56. The largest absolute Gasteiger partial charge is 0.349 e. The lowest BCUT2D eigenvalue weighted by atomic mass is 10.1. The zero-order chi connectivity index (χ0) is 15.9. The number of carbonyl (C=O) groups is 1. The number of benzene rings is 1. The van der Waals surface area contributed by atoms with Gasteiger partial charge in [-0.3, -0.25) is 4.79 Å². The monoisotopic (exact) mass is 317 g/mol. The van der Waals surface area contributed by atoms with Gasteiger partial charge < -0.3 is 10.2 Å². The summed E-state index contributed by atoms with van der Waals surface area (Å²) in [5.41, 5.74) is 1.90. The standard InChI is InChI=1S/C17H23N3OS/c1-13-16(19-14(2)22-13)17(21)18-10-12-20(3)11-9-15-7-5-4-6-8-15/h4-8H,9-12H2,1-3H3,(H,18,21). The Hall–Kier alpha value is -1.72. The zero-order valence-corrected chi connectivity index (χ0v) is 14.2. The Bertz CT molecular complexity index is 610. The number of rotatable bonds is 7. The van der Waals surface area contributed by atoms with Crippen LogP contribution >= 0.6 is 11.3 Å². The van der Waals surface area contributed by atoms with Crippen molar-refractivity contribution in [2.75, 3.05) is 26.7 Å². The van der Waals surface area contributed by atoms with Crippen LogP contribution in [0.1, 0.15) is 25.9 Å². The minimum absolute atomic E-state index is 0.0710. The molecular formula is C17H23N3OS. The fourth-order valence-electron chi connectivity index (χ4n) is 2.26. The quantitative estimate of drug-likeness (QED) is 0.854. The van der Waals surface area contributed by atoms with Crippen LogP contribution in [0.15, 0.2) is 30.3 Å². The van der Waals surface area contributed by atoms with E-state index in [4.69, 9.17) is 0 Å². The number of aryl methyl sites for hydroxylation is 2. The molecule has 0 aliphatic heterocycles. The van der Waals surface area contributed by atoms with Gasteiger partial charge in [0.1, 0.15) is 5.69 Å². The van der Waals surface area contributed by atoms with Crippen molar-refractivity contribution in [2.45, 2.75) is 20.3 Å². The van der Waals surface area contributed by atoms with Crippen LogP contribution in [0, 0.1) is 13.8 Å². The summed E-state index contributed by atoms with van der Waals surface area (Å²) in [6.07, 6.45) is 1.02. The molecule has 1 N–H and O–H groups in total. The van der Waals surface area contributed by atoms with Crippen molar-refractivity contribution in [1.82, 2.24) is 15.2 Å². The van der Waals surface area contributed by atoms with E-state index in [2.05, 4.69) is 46.5 Å². The van der Waals surface area contributed by atoms with Gasteiger partial charge in [0.25, 0.3) is 5.91 Å². The second kappa shape index (κ2) is 8.06. The predicted molar refractivity (Wildman–Crippen MR) is 91.6 cm³/mol. The molecule has 4 nitrogen and oxygen atoms in total. The highest BCUT2D eigenvalue weighted by Crippen LogP contribution is 2.15. The number of aromatic nitrogens is 1. The Morgan fingerprint density at radius 2 is 1.95 bits per heavy atom. The molecule has 0 atom stereocenters. The molecule has 0 aliphatic carbocycles. The lowest BCUT2D eigenvalue weighted by Crippen LogP contribution is -2.34. The van der Waals surface area contributed by atoms with Crippen molar-refractivity contribution in [3.63, 3.8) is 0 Å². The Labute approximate surface area is 136 Å². The van der Waals surface area contributed by atoms with Gasteiger partial charge in [-0.15, -0.1) is 11.3 Å². The molecule has 0 bridgehead atoms. The van der Waals surface area contributed by atoms with Crippen LogP contribution in [-0.2, 0) is 6.42 Å². The van der Waals surface area contributed by atoms with Crippen LogP contribution in [0.2, 0.25) is 0 Å². The molecule has 1 aromatic heterocycles. The molecular weight excluding hydrogens is 294 g/mol. The molecule has 1 aromatic carbocycles. The number of amides is 1. The van der Waals surface area contributed by atoms with Crippen LogP contribution in [0.25, 0.3) is 0 Å². The third kappa shape index (κ3) is 4.93. The van der Waals surface area contributed by atoms with E-state index >= 15 is 0 Å². The third-order valence-corrected chi connectivity index (χ3v) is 4.41. The summed E-state index contributed by atoms with van der Waals surface area (Å²) in [7, 11) is 2.08. The van der Waals surface area contributed by atoms with Gasteiger partial charge in [-0.25, -0.2) is 4.98 Å². The molecule has 0 fully saturated rings. The van der Waals surface area contributed by atoms with Gasteiger partial charge in [0.2, 0.25) is 0 Å². The Morgan fingerprint density at radius 1 is 1.23 bits per heavy atom. The van der Waals surface area contributed by atoms with E-state index in [1.807, 2.05) is 19.9 Å². The molecule has 1 heterocycles. The van der Waals surface area contributed by atoms with Crippen molar-refractivity contribution in [3.8, 4) is 0 Å². The molecule has 0 aliphatic rings. The molecule has 0 spiro atoms. The van der Waals surface area contributed by atoms with E-state index < -0.39 is 0 Å². The number of likely N-dealkylation sites (N-methyl/N-ethyl adjacent to an activating group) is 1. The van der Waals surface area contributed by atoms with Crippen LogP contribution < -0.4 is 5.32 Å². The fourth-order valence-corrected chi connectivity index (χ4v) is 3.08. The molecule has 2 aromatic rings. The van der Waals surface area contributed by atoms with Crippen LogP contribution in [0.4, 0.5) is 0 Å². The predicted octanol–water partition coefficient (Wildman–Crippen LogP) is 2.66. The first-order chi connectivity index (χ1) is 10.6. The molecule has 118 valence electrons. The topological polar surface area (TPSA) is 45.2 Å². The van der Waals surface area contributed by atoms with Gasteiger partial charge in [-0.1, -0.05) is 30.3 Å². The average Bonchev–Trinajstić information content (AvgIpc) is 2.85. The van der Waals surface area contributed by atoms with E-state index in [0.29, 0.717) is 12.2 Å². The molecule has 0 unspecified atom stereocenters. The highest BCUT2D eigenvalue weighted by Gasteiger charge is 2.13. The summed E-state index contributed by atoms with van der Waals surface area (Å²) in [5, 5.41) is 3.88. The fraction of sp³-hybridized carbons (Fsp3) is 0.412. The van der Waals surface area contributed by atoms with Gasteiger partial charge in [0, 0.05) is 24.5 Å². The first-order valence-electron chi connectivity index (χ1n) is 7.51. The number of carbonyl (C=O) groups excluding carboxylic acids is 1. The summed E-state index contributed by atoms with van der Waals surface area (Å²) in [6.45, 7) is 6.31. The first-order valence-corrected chi connectivity index (χ1v) is 8.32. The second-order valence-corrected chi connectivity index (χ2v) is 6.84. The third-order valence-electron chi connectivity index (χ3n) is 3.52.